The Balaban J connectivity index is 1.84. The lowest BCUT2D eigenvalue weighted by Gasteiger charge is -2.12. The second-order valence-electron chi connectivity index (χ2n) is 5.93. The fraction of sp³-hybridized carbons (Fsp3) is 0.421. The summed E-state index contributed by atoms with van der Waals surface area (Å²) in [5.41, 5.74) is 2.36. The van der Waals surface area contributed by atoms with E-state index >= 15 is 0 Å². The van der Waals surface area contributed by atoms with Gasteiger partial charge in [0.15, 0.2) is 0 Å². The largest absolute Gasteiger partial charge is 0.491 e. The molecule has 0 saturated carbocycles. The summed E-state index contributed by atoms with van der Waals surface area (Å²) in [5.74, 6) is 1.58. The first-order valence-electron chi connectivity index (χ1n) is 7.76. The van der Waals surface area contributed by atoms with Gasteiger partial charge in [-0.3, -0.25) is 4.98 Å². The van der Waals surface area contributed by atoms with Crippen LogP contribution in [-0.2, 0) is 0 Å². The highest BCUT2D eigenvalue weighted by Gasteiger charge is 2.05. The van der Waals surface area contributed by atoms with Gasteiger partial charge in [0.2, 0.25) is 0 Å². The first-order chi connectivity index (χ1) is 10.2. The predicted molar refractivity (Wildman–Crippen MR) is 89.7 cm³/mol. The molecule has 21 heavy (non-hydrogen) atoms. The summed E-state index contributed by atoms with van der Waals surface area (Å²) in [5, 5.41) is 1.13. The zero-order chi connectivity index (χ0) is 15.1. The Morgan fingerprint density at radius 1 is 1.19 bits per heavy atom. The van der Waals surface area contributed by atoms with Crippen LogP contribution in [0.2, 0.25) is 0 Å². The molecule has 0 N–H and O–H groups in total. The topological polar surface area (TPSA) is 22.1 Å². The molecule has 0 fully saturated rings. The standard InChI is InChI=1S/C19H25NO/c1-15(2)7-4-8-16(3)12-14-21-18-11-5-9-17-10-6-13-20-19(17)18/h5-7,9-11,13,16H,4,8,12,14H2,1-3H3. The van der Waals surface area contributed by atoms with E-state index in [4.69, 9.17) is 4.74 Å². The van der Waals surface area contributed by atoms with E-state index in [1.165, 1.54) is 18.4 Å². The number of nitrogens with zero attached hydrogens (tertiary/aromatic N) is 1. The Hall–Kier alpha value is -1.83. The minimum absolute atomic E-state index is 0.684. The van der Waals surface area contributed by atoms with E-state index in [1.54, 1.807) is 0 Å². The molecule has 0 spiro atoms. The van der Waals surface area contributed by atoms with Gasteiger partial charge in [0.05, 0.1) is 6.61 Å². The monoisotopic (exact) mass is 283 g/mol. The van der Waals surface area contributed by atoms with Crippen molar-refractivity contribution < 1.29 is 4.74 Å². The van der Waals surface area contributed by atoms with Crippen molar-refractivity contribution in [3.8, 4) is 5.75 Å². The van der Waals surface area contributed by atoms with Crippen LogP contribution in [0.3, 0.4) is 0 Å². The third-order valence-electron chi connectivity index (χ3n) is 3.68. The molecule has 1 aromatic carbocycles. The fourth-order valence-electron chi connectivity index (χ4n) is 2.36. The Morgan fingerprint density at radius 3 is 2.81 bits per heavy atom. The molecule has 0 bridgehead atoms. The smallest absolute Gasteiger partial charge is 0.145 e. The van der Waals surface area contributed by atoms with Crippen LogP contribution < -0.4 is 4.74 Å². The number of rotatable bonds is 7. The number of hydrogen-bond acceptors (Lipinski definition) is 2. The molecule has 0 aliphatic heterocycles. The molecule has 2 rings (SSSR count). The van der Waals surface area contributed by atoms with Crippen molar-refractivity contribution in [2.45, 2.75) is 40.0 Å². The van der Waals surface area contributed by atoms with Crippen LogP contribution in [0, 0.1) is 5.92 Å². The molecule has 0 aliphatic carbocycles. The molecule has 1 unspecified atom stereocenters. The Kier molecular flexibility index (Phi) is 5.79. The number of para-hydroxylation sites is 1. The van der Waals surface area contributed by atoms with Crippen LogP contribution in [-0.4, -0.2) is 11.6 Å². The Labute approximate surface area is 127 Å². The van der Waals surface area contributed by atoms with E-state index in [0.717, 1.165) is 29.7 Å². The Morgan fingerprint density at radius 2 is 2.00 bits per heavy atom. The van der Waals surface area contributed by atoms with Gasteiger partial charge < -0.3 is 4.74 Å². The van der Waals surface area contributed by atoms with Crippen molar-refractivity contribution in [3.63, 3.8) is 0 Å². The zero-order valence-corrected chi connectivity index (χ0v) is 13.3. The van der Waals surface area contributed by atoms with E-state index in [0.29, 0.717) is 5.92 Å². The summed E-state index contributed by atoms with van der Waals surface area (Å²) in [6.45, 7) is 7.36. The molecule has 0 aliphatic rings. The van der Waals surface area contributed by atoms with Crippen LogP contribution in [0.4, 0.5) is 0 Å². The highest BCUT2D eigenvalue weighted by molar-refractivity contribution is 5.84. The van der Waals surface area contributed by atoms with Gasteiger partial charge in [0, 0.05) is 11.6 Å². The van der Waals surface area contributed by atoms with Gasteiger partial charge in [0.1, 0.15) is 11.3 Å². The number of aromatic nitrogens is 1. The van der Waals surface area contributed by atoms with Crippen LogP contribution in [0.1, 0.15) is 40.0 Å². The van der Waals surface area contributed by atoms with Gasteiger partial charge in [-0.15, -0.1) is 0 Å². The molecule has 1 atom stereocenters. The molecule has 0 saturated heterocycles. The average molecular weight is 283 g/mol. The van der Waals surface area contributed by atoms with Crippen LogP contribution in [0.5, 0.6) is 5.75 Å². The average Bonchev–Trinajstić information content (AvgIpc) is 2.47. The van der Waals surface area contributed by atoms with E-state index in [1.807, 2.05) is 24.4 Å². The zero-order valence-electron chi connectivity index (χ0n) is 13.3. The quantitative estimate of drug-likeness (QED) is 0.636. The van der Waals surface area contributed by atoms with Crippen LogP contribution in [0.25, 0.3) is 10.9 Å². The first kappa shape index (κ1) is 15.6. The number of hydrogen-bond donors (Lipinski definition) is 0. The predicted octanol–water partition coefficient (Wildman–Crippen LogP) is 5.39. The summed E-state index contributed by atoms with van der Waals surface area (Å²) in [6.07, 6.45) is 7.60. The molecule has 2 aromatic rings. The highest BCUT2D eigenvalue weighted by atomic mass is 16.5. The van der Waals surface area contributed by atoms with Gasteiger partial charge in [-0.25, -0.2) is 0 Å². The van der Waals surface area contributed by atoms with Crippen molar-refractivity contribution in [2.24, 2.45) is 5.92 Å². The maximum Gasteiger partial charge on any atom is 0.145 e. The van der Waals surface area contributed by atoms with E-state index in [2.05, 4.69) is 44.0 Å². The maximum atomic E-state index is 5.94. The third-order valence-corrected chi connectivity index (χ3v) is 3.68. The van der Waals surface area contributed by atoms with Crippen molar-refractivity contribution in [1.82, 2.24) is 4.98 Å². The molecule has 2 nitrogen and oxygen atoms in total. The summed E-state index contributed by atoms with van der Waals surface area (Å²) in [7, 11) is 0. The van der Waals surface area contributed by atoms with Crippen molar-refractivity contribution in [1.29, 1.82) is 0 Å². The number of benzene rings is 1. The Bertz CT molecular complexity index is 594. The second kappa shape index (κ2) is 7.82. The van der Waals surface area contributed by atoms with Crippen molar-refractivity contribution in [2.75, 3.05) is 6.61 Å². The van der Waals surface area contributed by atoms with Gasteiger partial charge in [-0.2, -0.15) is 0 Å². The van der Waals surface area contributed by atoms with Gasteiger partial charge in [-0.05, 0) is 51.2 Å². The number of fused-ring (bicyclic) bond motifs is 1. The lowest BCUT2D eigenvalue weighted by atomic mass is 10.0. The third kappa shape index (κ3) is 4.89. The molecular formula is C19H25NO. The second-order valence-corrected chi connectivity index (χ2v) is 5.93. The van der Waals surface area contributed by atoms with Crippen LogP contribution in [0.15, 0.2) is 48.2 Å². The lowest BCUT2D eigenvalue weighted by Crippen LogP contribution is -2.04. The van der Waals surface area contributed by atoms with E-state index in [9.17, 15) is 0 Å². The lowest BCUT2D eigenvalue weighted by molar-refractivity contribution is 0.282. The van der Waals surface area contributed by atoms with Crippen LogP contribution >= 0.6 is 0 Å². The fourth-order valence-corrected chi connectivity index (χ4v) is 2.36. The summed E-state index contributed by atoms with van der Waals surface area (Å²) in [6, 6.07) is 10.1. The highest BCUT2D eigenvalue weighted by Crippen LogP contribution is 2.23. The molecule has 2 heteroatoms. The molecule has 0 radical (unpaired) electrons. The summed E-state index contributed by atoms with van der Waals surface area (Å²) in [4.78, 5) is 4.42. The molecule has 112 valence electrons. The SMILES string of the molecule is CC(C)=CCCC(C)CCOc1cccc2cccnc12. The molecule has 1 heterocycles. The maximum absolute atomic E-state index is 5.94. The number of pyridine rings is 1. The van der Waals surface area contributed by atoms with Gasteiger partial charge in [0.25, 0.3) is 0 Å². The minimum atomic E-state index is 0.684. The molecular weight excluding hydrogens is 258 g/mol. The molecule has 1 aromatic heterocycles. The summed E-state index contributed by atoms with van der Waals surface area (Å²) < 4.78 is 5.94. The summed E-state index contributed by atoms with van der Waals surface area (Å²) >= 11 is 0. The molecule has 0 amide bonds. The van der Waals surface area contributed by atoms with E-state index < -0.39 is 0 Å². The number of allylic oxidation sites excluding steroid dienone is 2. The van der Waals surface area contributed by atoms with Crippen molar-refractivity contribution >= 4 is 10.9 Å². The minimum Gasteiger partial charge on any atom is -0.491 e. The first-order valence-corrected chi connectivity index (χ1v) is 7.76. The number of ether oxygens (including phenoxy) is 1. The van der Waals surface area contributed by atoms with E-state index in [-0.39, 0.29) is 0 Å². The van der Waals surface area contributed by atoms with Gasteiger partial charge in [-0.1, -0.05) is 36.8 Å². The van der Waals surface area contributed by atoms with Gasteiger partial charge >= 0.3 is 0 Å². The normalized spacial score (nSPS) is 12.1. The van der Waals surface area contributed by atoms with Crippen molar-refractivity contribution in [3.05, 3.63) is 48.2 Å².